The maximum absolute atomic E-state index is 13.5. The highest BCUT2D eigenvalue weighted by atomic mass is 32.1. The molecule has 0 fully saturated rings. The number of carbonyl (C=O) groups is 4. The molecule has 0 spiro atoms. The van der Waals surface area contributed by atoms with Gasteiger partial charge in [-0.1, -0.05) is 26.7 Å². The first-order chi connectivity index (χ1) is 20.7. The van der Waals surface area contributed by atoms with Crippen LogP contribution in [0.2, 0.25) is 0 Å². The summed E-state index contributed by atoms with van der Waals surface area (Å²) >= 11 is 1.44. The highest BCUT2D eigenvalue weighted by molar-refractivity contribution is 7.24. The summed E-state index contributed by atoms with van der Waals surface area (Å²) in [5, 5.41) is 7.21. The number of nitrogens with one attached hydrogen (secondary N) is 2. The molecule has 2 unspecified atom stereocenters. The van der Waals surface area contributed by atoms with Gasteiger partial charge in [-0.05, 0) is 36.4 Å². The Morgan fingerprint density at radius 1 is 0.767 bits per heavy atom. The van der Waals surface area contributed by atoms with E-state index in [1.165, 1.54) is 11.3 Å². The Bertz CT molecular complexity index is 1600. The van der Waals surface area contributed by atoms with Crippen molar-refractivity contribution in [2.75, 3.05) is 36.9 Å². The van der Waals surface area contributed by atoms with Crippen molar-refractivity contribution in [2.45, 2.75) is 25.6 Å². The van der Waals surface area contributed by atoms with Crippen LogP contribution in [0.15, 0.2) is 79.2 Å². The first-order valence-corrected chi connectivity index (χ1v) is 14.1. The van der Waals surface area contributed by atoms with Gasteiger partial charge in [-0.25, -0.2) is 14.4 Å². The number of fused-ring (bicyclic) bond motifs is 2. The molecule has 0 bridgehead atoms. The van der Waals surface area contributed by atoms with Crippen LogP contribution in [0.5, 0.6) is 0 Å². The standard InChI is InChI=1S/C31H32N2O9S/c1-5-27(34)39-17-21(41-29(36)7-3)15-32-19-9-11-25-23(13-19)31(38)24-14-20(10-12-26(24)43-25)33-16-22(42-30(37)8-4)18-40-28(35)6-2/h5-7,9-14,21-22,32-33H,1-3,8,15-18H2,4H3. The molecular weight excluding hydrogens is 576 g/mol. The van der Waals surface area contributed by atoms with Gasteiger partial charge in [0.1, 0.15) is 13.2 Å². The Hall–Kier alpha value is -4.97. The highest BCUT2D eigenvalue weighted by Gasteiger charge is 2.17. The average molecular weight is 609 g/mol. The Kier molecular flexibility index (Phi) is 12.0. The fraction of sp³-hybridized carbons (Fsp3) is 0.258. The molecule has 0 amide bonds. The van der Waals surface area contributed by atoms with Crippen LogP contribution in [0.4, 0.5) is 11.4 Å². The molecule has 0 radical (unpaired) electrons. The SMILES string of the molecule is C=CC(=O)OCC(CNc1ccc2sc3ccc(NCC(COC(=O)C=C)OC(=O)CC)cc3c(=O)c2c1)OC(=O)C=C. The molecular formula is C31H32N2O9S. The number of esters is 4. The van der Waals surface area contributed by atoms with Crippen molar-refractivity contribution >= 4 is 66.8 Å². The van der Waals surface area contributed by atoms with Crippen LogP contribution >= 0.6 is 11.3 Å². The van der Waals surface area contributed by atoms with Gasteiger partial charge < -0.3 is 29.6 Å². The summed E-state index contributed by atoms with van der Waals surface area (Å²) in [5.74, 6) is -2.40. The summed E-state index contributed by atoms with van der Waals surface area (Å²) < 4.78 is 22.2. The van der Waals surface area contributed by atoms with Crippen molar-refractivity contribution in [2.24, 2.45) is 0 Å². The molecule has 0 aliphatic carbocycles. The van der Waals surface area contributed by atoms with E-state index in [9.17, 15) is 24.0 Å². The zero-order valence-electron chi connectivity index (χ0n) is 23.6. The molecule has 1 aromatic heterocycles. The van der Waals surface area contributed by atoms with E-state index >= 15 is 0 Å². The molecule has 2 aromatic carbocycles. The third kappa shape index (κ3) is 9.54. The van der Waals surface area contributed by atoms with E-state index in [-0.39, 0.29) is 38.2 Å². The normalized spacial score (nSPS) is 11.9. The lowest BCUT2D eigenvalue weighted by Gasteiger charge is -2.19. The Labute approximate surface area is 251 Å². The summed E-state index contributed by atoms with van der Waals surface area (Å²) in [5.41, 5.74) is 1.01. The van der Waals surface area contributed by atoms with E-state index < -0.39 is 36.1 Å². The minimum Gasteiger partial charge on any atom is -0.459 e. The van der Waals surface area contributed by atoms with Crippen molar-refractivity contribution in [1.29, 1.82) is 0 Å². The number of ether oxygens (including phenoxy) is 4. The summed E-state index contributed by atoms with van der Waals surface area (Å²) in [6.45, 7) is 11.6. The summed E-state index contributed by atoms with van der Waals surface area (Å²) in [6, 6.07) is 10.6. The second kappa shape index (κ2) is 15.9. The molecule has 3 aromatic rings. The molecule has 0 saturated heterocycles. The van der Waals surface area contributed by atoms with Gasteiger partial charge in [-0.3, -0.25) is 9.59 Å². The van der Waals surface area contributed by atoms with E-state index in [1.807, 2.05) is 12.1 Å². The average Bonchev–Trinajstić information content (AvgIpc) is 3.03. The van der Waals surface area contributed by atoms with Gasteiger partial charge in [0, 0.05) is 56.2 Å². The predicted molar refractivity (Wildman–Crippen MR) is 165 cm³/mol. The van der Waals surface area contributed by atoms with Crippen molar-refractivity contribution in [3.05, 3.63) is 84.6 Å². The minimum absolute atomic E-state index is 0.0979. The lowest BCUT2D eigenvalue weighted by atomic mass is 10.1. The first kappa shape index (κ1) is 32.5. The zero-order valence-corrected chi connectivity index (χ0v) is 24.4. The van der Waals surface area contributed by atoms with E-state index in [1.54, 1.807) is 31.2 Å². The van der Waals surface area contributed by atoms with Gasteiger partial charge in [-0.15, -0.1) is 11.3 Å². The molecule has 0 saturated carbocycles. The van der Waals surface area contributed by atoms with Crippen LogP contribution in [-0.4, -0.2) is 62.4 Å². The maximum Gasteiger partial charge on any atom is 0.330 e. The predicted octanol–water partition coefficient (Wildman–Crippen LogP) is 4.12. The number of carbonyl (C=O) groups excluding carboxylic acids is 4. The zero-order chi connectivity index (χ0) is 31.4. The fourth-order valence-electron chi connectivity index (χ4n) is 3.76. The quantitative estimate of drug-likeness (QED) is 0.105. The largest absolute Gasteiger partial charge is 0.459 e. The van der Waals surface area contributed by atoms with E-state index in [2.05, 4.69) is 30.4 Å². The van der Waals surface area contributed by atoms with Gasteiger partial charge in [0.2, 0.25) is 0 Å². The molecule has 43 heavy (non-hydrogen) atoms. The molecule has 11 nitrogen and oxygen atoms in total. The lowest BCUT2D eigenvalue weighted by Crippen LogP contribution is -2.31. The number of anilines is 2. The first-order valence-electron chi connectivity index (χ1n) is 13.3. The monoisotopic (exact) mass is 608 g/mol. The number of hydrogen-bond donors (Lipinski definition) is 2. The highest BCUT2D eigenvalue weighted by Crippen LogP contribution is 2.28. The van der Waals surface area contributed by atoms with Crippen molar-refractivity contribution in [1.82, 2.24) is 0 Å². The van der Waals surface area contributed by atoms with Crippen LogP contribution < -0.4 is 16.1 Å². The van der Waals surface area contributed by atoms with Crippen molar-refractivity contribution in [3.8, 4) is 0 Å². The summed E-state index contributed by atoms with van der Waals surface area (Å²) in [7, 11) is 0. The van der Waals surface area contributed by atoms with Gasteiger partial charge in [0.25, 0.3) is 0 Å². The second-order valence-electron chi connectivity index (χ2n) is 9.01. The smallest absolute Gasteiger partial charge is 0.330 e. The second-order valence-corrected chi connectivity index (χ2v) is 10.1. The van der Waals surface area contributed by atoms with Crippen LogP contribution in [0.3, 0.4) is 0 Å². The number of hydrogen-bond acceptors (Lipinski definition) is 12. The third-order valence-corrected chi connectivity index (χ3v) is 7.08. The fourth-order valence-corrected chi connectivity index (χ4v) is 4.79. The number of benzene rings is 2. The van der Waals surface area contributed by atoms with Crippen LogP contribution in [0, 0.1) is 0 Å². The molecule has 2 atom stereocenters. The minimum atomic E-state index is -0.814. The van der Waals surface area contributed by atoms with Gasteiger partial charge in [0.05, 0.1) is 13.1 Å². The number of rotatable bonds is 16. The molecule has 12 heteroatoms. The molecule has 3 rings (SSSR count). The summed E-state index contributed by atoms with van der Waals surface area (Å²) in [6.07, 6.45) is 1.64. The van der Waals surface area contributed by atoms with Gasteiger partial charge >= 0.3 is 23.9 Å². The van der Waals surface area contributed by atoms with Gasteiger partial charge in [0.15, 0.2) is 17.6 Å². The molecule has 2 N–H and O–H groups in total. The maximum atomic E-state index is 13.5. The van der Waals surface area contributed by atoms with E-state index in [4.69, 9.17) is 18.9 Å². The van der Waals surface area contributed by atoms with Crippen LogP contribution in [0.25, 0.3) is 20.2 Å². The van der Waals surface area contributed by atoms with E-state index in [0.29, 0.717) is 22.1 Å². The van der Waals surface area contributed by atoms with Crippen molar-refractivity contribution in [3.63, 3.8) is 0 Å². The van der Waals surface area contributed by atoms with E-state index in [0.717, 1.165) is 27.6 Å². The summed E-state index contributed by atoms with van der Waals surface area (Å²) in [4.78, 5) is 60.0. The third-order valence-electron chi connectivity index (χ3n) is 5.93. The van der Waals surface area contributed by atoms with Crippen molar-refractivity contribution < 1.29 is 38.1 Å². The molecule has 0 aliphatic heterocycles. The topological polar surface area (TPSA) is 146 Å². The van der Waals surface area contributed by atoms with Crippen LogP contribution in [0.1, 0.15) is 13.3 Å². The Morgan fingerprint density at radius 2 is 1.23 bits per heavy atom. The molecule has 0 aliphatic rings. The Balaban J connectivity index is 1.79. The van der Waals surface area contributed by atoms with Crippen LogP contribution in [-0.2, 0) is 38.1 Å². The molecule has 226 valence electrons. The molecule has 1 heterocycles. The van der Waals surface area contributed by atoms with Gasteiger partial charge in [-0.2, -0.15) is 0 Å². The lowest BCUT2D eigenvalue weighted by molar-refractivity contribution is -0.155. The Morgan fingerprint density at radius 3 is 1.67 bits per heavy atom.